The van der Waals surface area contributed by atoms with Crippen molar-refractivity contribution in [1.29, 1.82) is 0 Å². The minimum atomic E-state index is -0.936. The highest BCUT2D eigenvalue weighted by molar-refractivity contribution is 6.55. The van der Waals surface area contributed by atoms with Crippen molar-refractivity contribution in [3.63, 3.8) is 0 Å². The van der Waals surface area contributed by atoms with Crippen LogP contribution in [0.2, 0.25) is 0 Å². The van der Waals surface area contributed by atoms with Gasteiger partial charge in [-0.15, -0.1) is 0 Å². The first kappa shape index (κ1) is 17.7. The van der Waals surface area contributed by atoms with Crippen LogP contribution in [0.15, 0.2) is 23.7 Å². The summed E-state index contributed by atoms with van der Waals surface area (Å²) in [5.41, 5.74) is 7.91. The van der Waals surface area contributed by atoms with Gasteiger partial charge in [0, 0.05) is 6.54 Å². The molecule has 1 aliphatic rings. The number of benzene rings is 1. The molecule has 1 heterocycles. The molecule has 1 aliphatic heterocycles. The topological polar surface area (TPSA) is 81.8 Å². The molecule has 1 saturated heterocycles. The molecule has 0 saturated carbocycles. The summed E-state index contributed by atoms with van der Waals surface area (Å²) in [6.45, 7) is 10.2. The van der Waals surface area contributed by atoms with E-state index < -0.39 is 24.3 Å². The number of hydrogen-bond acceptors (Lipinski definition) is 4. The van der Waals surface area contributed by atoms with E-state index in [1.54, 1.807) is 18.2 Å². The second-order valence-electron chi connectivity index (χ2n) is 6.89. The number of rotatable bonds is 4. The first-order valence-electron chi connectivity index (χ1n) is 7.67. The van der Waals surface area contributed by atoms with E-state index in [1.807, 2.05) is 40.7 Å². The summed E-state index contributed by atoms with van der Waals surface area (Å²) >= 11 is 0. The second-order valence-corrected chi connectivity index (χ2v) is 6.89. The van der Waals surface area contributed by atoms with Crippen LogP contribution in [0.5, 0.6) is 0 Å². The van der Waals surface area contributed by atoms with Gasteiger partial charge in [-0.05, 0) is 63.4 Å². The lowest BCUT2D eigenvalue weighted by Crippen LogP contribution is -2.41. The third-order valence-electron chi connectivity index (χ3n) is 4.65. The highest BCUT2D eigenvalue weighted by atomic mass is 16.7. The molecule has 3 N–H and O–H groups in total. The van der Waals surface area contributed by atoms with Crippen LogP contribution >= 0.6 is 0 Å². The van der Waals surface area contributed by atoms with Crippen LogP contribution in [0.1, 0.15) is 49.2 Å². The number of nitrogens with two attached hydrogens (primary N) is 1. The Hall–Kier alpha value is -1.63. The van der Waals surface area contributed by atoms with Crippen LogP contribution in [0, 0.1) is 6.92 Å². The molecule has 0 aromatic heterocycles. The van der Waals surface area contributed by atoms with E-state index in [0.29, 0.717) is 6.54 Å². The van der Waals surface area contributed by atoms with Crippen molar-refractivity contribution >= 4 is 19.2 Å². The molecule has 0 spiro atoms. The van der Waals surface area contributed by atoms with E-state index in [-0.39, 0.29) is 5.56 Å². The van der Waals surface area contributed by atoms with Gasteiger partial charge in [-0.25, -0.2) is 4.79 Å². The quantitative estimate of drug-likeness (QED) is 0.834. The average molecular weight is 317 g/mol. The largest absolute Gasteiger partial charge is 0.491 e. The number of aryl methyl sites for hydroxylation is 1. The molecule has 2 rings (SSSR count). The van der Waals surface area contributed by atoms with Gasteiger partial charge in [0.15, 0.2) is 0 Å². The molecule has 0 bridgehead atoms. The number of carboxylic acids is 1. The lowest BCUT2D eigenvalue weighted by atomic mass is 9.77. The zero-order valence-electron chi connectivity index (χ0n) is 14.3. The smallest absolute Gasteiger partial charge is 0.478 e. The number of carbonyl (C=O) groups is 1. The van der Waals surface area contributed by atoms with Crippen LogP contribution in [0.25, 0.3) is 6.08 Å². The van der Waals surface area contributed by atoms with Gasteiger partial charge in [0.1, 0.15) is 0 Å². The fraction of sp³-hybridized carbons (Fsp3) is 0.471. The Labute approximate surface area is 137 Å². The molecule has 23 heavy (non-hydrogen) atoms. The van der Waals surface area contributed by atoms with Gasteiger partial charge in [0.05, 0.1) is 16.8 Å². The SMILES string of the molecule is Cc1cc(C(=O)O)ccc1C=C(CN)B1OC(C)(C)C(C)(C)O1. The zero-order valence-corrected chi connectivity index (χ0v) is 14.3. The average Bonchev–Trinajstić information content (AvgIpc) is 2.65. The van der Waals surface area contributed by atoms with Crippen molar-refractivity contribution in [3.05, 3.63) is 40.4 Å². The number of aromatic carboxylic acids is 1. The highest BCUT2D eigenvalue weighted by Gasteiger charge is 2.52. The van der Waals surface area contributed by atoms with Gasteiger partial charge >= 0.3 is 13.1 Å². The Morgan fingerprint density at radius 3 is 2.26 bits per heavy atom. The lowest BCUT2D eigenvalue weighted by molar-refractivity contribution is 0.00578. The third-order valence-corrected chi connectivity index (χ3v) is 4.65. The van der Waals surface area contributed by atoms with E-state index in [0.717, 1.165) is 16.6 Å². The standard InChI is InChI=1S/C17H24BNO4/c1-11-8-13(15(20)21)7-6-12(11)9-14(10-19)18-22-16(2,3)17(4,5)23-18/h6-9H,10,19H2,1-5H3,(H,20,21). The molecular weight excluding hydrogens is 293 g/mol. The maximum atomic E-state index is 11.0. The molecular formula is C17H24BNO4. The van der Waals surface area contributed by atoms with Crippen molar-refractivity contribution in [2.45, 2.75) is 45.8 Å². The zero-order chi connectivity index (χ0) is 17.4. The number of carboxylic acid groups (broad SMARTS) is 1. The Balaban J connectivity index is 2.32. The maximum Gasteiger partial charge on any atom is 0.491 e. The summed E-state index contributed by atoms with van der Waals surface area (Å²) in [5, 5.41) is 9.04. The Bertz CT molecular complexity index is 636. The molecule has 0 amide bonds. The van der Waals surface area contributed by atoms with Crippen LogP contribution in [-0.2, 0) is 9.31 Å². The van der Waals surface area contributed by atoms with Crippen molar-refractivity contribution in [2.24, 2.45) is 5.73 Å². The monoisotopic (exact) mass is 317 g/mol. The van der Waals surface area contributed by atoms with Gasteiger partial charge in [-0.1, -0.05) is 12.1 Å². The van der Waals surface area contributed by atoms with Crippen LogP contribution in [-0.4, -0.2) is 35.9 Å². The maximum absolute atomic E-state index is 11.0. The Morgan fingerprint density at radius 1 is 1.26 bits per heavy atom. The lowest BCUT2D eigenvalue weighted by Gasteiger charge is -2.32. The van der Waals surface area contributed by atoms with Crippen molar-refractivity contribution in [3.8, 4) is 0 Å². The van der Waals surface area contributed by atoms with Gasteiger partial charge in [-0.3, -0.25) is 0 Å². The van der Waals surface area contributed by atoms with E-state index in [4.69, 9.17) is 20.1 Å². The number of hydrogen-bond donors (Lipinski definition) is 2. The second kappa shape index (κ2) is 6.11. The van der Waals surface area contributed by atoms with E-state index in [1.165, 1.54) is 0 Å². The Kier molecular flexibility index (Phi) is 4.71. The normalized spacial score (nSPS) is 19.9. The summed E-state index contributed by atoms with van der Waals surface area (Å²) in [7, 11) is -0.497. The predicted octanol–water partition coefficient (Wildman–Crippen LogP) is 2.67. The molecule has 124 valence electrons. The molecule has 0 atom stereocenters. The van der Waals surface area contributed by atoms with Crippen LogP contribution in [0.4, 0.5) is 0 Å². The summed E-state index contributed by atoms with van der Waals surface area (Å²) in [6, 6.07) is 5.01. The fourth-order valence-corrected chi connectivity index (χ4v) is 2.39. The fourth-order valence-electron chi connectivity index (χ4n) is 2.39. The van der Waals surface area contributed by atoms with Gasteiger partial charge in [0.25, 0.3) is 0 Å². The van der Waals surface area contributed by atoms with Crippen LogP contribution in [0.3, 0.4) is 0 Å². The molecule has 0 radical (unpaired) electrons. The van der Waals surface area contributed by atoms with E-state index >= 15 is 0 Å². The summed E-state index contributed by atoms with van der Waals surface area (Å²) in [6.07, 6.45) is 1.92. The Morgan fingerprint density at radius 2 is 1.83 bits per heavy atom. The summed E-state index contributed by atoms with van der Waals surface area (Å²) < 4.78 is 12.1. The van der Waals surface area contributed by atoms with E-state index in [2.05, 4.69) is 0 Å². The molecule has 1 fully saturated rings. The van der Waals surface area contributed by atoms with Crippen molar-refractivity contribution in [1.82, 2.24) is 0 Å². The minimum absolute atomic E-state index is 0.268. The first-order valence-corrected chi connectivity index (χ1v) is 7.67. The molecule has 1 aromatic carbocycles. The molecule has 5 nitrogen and oxygen atoms in total. The molecule has 6 heteroatoms. The van der Waals surface area contributed by atoms with Gasteiger partial charge in [-0.2, -0.15) is 0 Å². The van der Waals surface area contributed by atoms with Gasteiger partial charge < -0.3 is 20.1 Å². The van der Waals surface area contributed by atoms with Gasteiger partial charge in [0.2, 0.25) is 0 Å². The first-order chi connectivity index (χ1) is 10.6. The van der Waals surface area contributed by atoms with Crippen molar-refractivity contribution < 1.29 is 19.2 Å². The molecule has 0 aliphatic carbocycles. The van der Waals surface area contributed by atoms with Crippen LogP contribution < -0.4 is 5.73 Å². The van der Waals surface area contributed by atoms with E-state index in [9.17, 15) is 4.79 Å². The summed E-state index contributed by atoms with van der Waals surface area (Å²) in [5.74, 6) is -0.936. The van der Waals surface area contributed by atoms with Crippen molar-refractivity contribution in [2.75, 3.05) is 6.54 Å². The molecule has 0 unspecified atom stereocenters. The highest BCUT2D eigenvalue weighted by Crippen LogP contribution is 2.38. The predicted molar refractivity (Wildman–Crippen MR) is 91.3 cm³/mol. The minimum Gasteiger partial charge on any atom is -0.478 e. The summed E-state index contributed by atoms with van der Waals surface area (Å²) in [4.78, 5) is 11.0. The third kappa shape index (κ3) is 3.49. The molecule has 1 aromatic rings.